The summed E-state index contributed by atoms with van der Waals surface area (Å²) < 4.78 is 5.94. The van der Waals surface area contributed by atoms with E-state index in [4.69, 9.17) is 4.74 Å². The number of carbonyl (C=O) groups is 2. The van der Waals surface area contributed by atoms with Gasteiger partial charge in [-0.3, -0.25) is 15.1 Å². The SMILES string of the molecule is O=C(COC(=O)c1ccncc1)Nc1nc(-c2ccc(Br)cc2)cs1. The first-order valence-electron chi connectivity index (χ1n) is 7.20. The van der Waals surface area contributed by atoms with Crippen molar-refractivity contribution in [1.82, 2.24) is 9.97 Å². The normalized spacial score (nSPS) is 10.3. The van der Waals surface area contributed by atoms with Crippen LogP contribution in [0.1, 0.15) is 10.4 Å². The molecule has 2 heterocycles. The maximum Gasteiger partial charge on any atom is 0.338 e. The molecule has 25 heavy (non-hydrogen) atoms. The minimum Gasteiger partial charge on any atom is -0.452 e. The summed E-state index contributed by atoms with van der Waals surface area (Å²) in [6, 6.07) is 10.7. The van der Waals surface area contributed by atoms with E-state index < -0.39 is 11.9 Å². The largest absolute Gasteiger partial charge is 0.452 e. The number of thiazole rings is 1. The number of nitrogens with one attached hydrogen (secondary N) is 1. The highest BCUT2D eigenvalue weighted by atomic mass is 79.9. The van der Waals surface area contributed by atoms with Crippen molar-refractivity contribution in [2.75, 3.05) is 11.9 Å². The van der Waals surface area contributed by atoms with Crippen molar-refractivity contribution < 1.29 is 14.3 Å². The molecule has 0 radical (unpaired) electrons. The second-order valence-corrected chi connectivity index (χ2v) is 6.68. The first-order valence-corrected chi connectivity index (χ1v) is 8.87. The zero-order valence-corrected chi connectivity index (χ0v) is 15.2. The second-order valence-electron chi connectivity index (χ2n) is 4.90. The molecule has 0 saturated heterocycles. The summed E-state index contributed by atoms with van der Waals surface area (Å²) in [7, 11) is 0. The summed E-state index contributed by atoms with van der Waals surface area (Å²) in [5.74, 6) is -1.02. The Kier molecular flexibility index (Phi) is 5.52. The molecule has 3 aromatic rings. The number of amides is 1. The minimum absolute atomic E-state index is 0.342. The predicted octanol–water partition coefficient (Wildman–Crippen LogP) is 3.76. The van der Waals surface area contributed by atoms with E-state index in [1.165, 1.54) is 35.9 Å². The Bertz CT molecular complexity index is 882. The standard InChI is InChI=1S/C17H12BrN3O3S/c18-13-3-1-11(2-4-13)14-10-25-17(20-14)21-15(22)9-24-16(23)12-5-7-19-8-6-12/h1-8,10H,9H2,(H,20,21,22). The Morgan fingerprint density at radius 2 is 1.84 bits per heavy atom. The van der Waals surface area contributed by atoms with Crippen LogP contribution < -0.4 is 5.32 Å². The van der Waals surface area contributed by atoms with Gasteiger partial charge in [-0.2, -0.15) is 0 Å². The first-order chi connectivity index (χ1) is 12.1. The molecule has 0 aliphatic carbocycles. The average molecular weight is 418 g/mol. The fourth-order valence-electron chi connectivity index (χ4n) is 1.94. The molecule has 0 saturated carbocycles. The molecule has 8 heteroatoms. The molecule has 0 aliphatic heterocycles. The van der Waals surface area contributed by atoms with Crippen LogP contribution >= 0.6 is 27.3 Å². The highest BCUT2D eigenvalue weighted by Crippen LogP contribution is 2.26. The maximum absolute atomic E-state index is 11.9. The summed E-state index contributed by atoms with van der Waals surface area (Å²) in [5.41, 5.74) is 2.06. The smallest absolute Gasteiger partial charge is 0.338 e. The number of pyridine rings is 1. The average Bonchev–Trinajstić information content (AvgIpc) is 3.09. The van der Waals surface area contributed by atoms with Gasteiger partial charge in [-0.15, -0.1) is 11.3 Å². The molecule has 1 amide bonds. The highest BCUT2D eigenvalue weighted by molar-refractivity contribution is 9.10. The molecule has 0 atom stereocenters. The summed E-state index contributed by atoms with van der Waals surface area (Å²) in [4.78, 5) is 31.8. The van der Waals surface area contributed by atoms with Gasteiger partial charge in [-0.05, 0) is 24.3 Å². The number of aromatic nitrogens is 2. The van der Waals surface area contributed by atoms with Crippen molar-refractivity contribution in [2.24, 2.45) is 0 Å². The van der Waals surface area contributed by atoms with Gasteiger partial charge < -0.3 is 4.74 Å². The number of halogens is 1. The predicted molar refractivity (Wildman–Crippen MR) is 98.4 cm³/mol. The number of nitrogens with zero attached hydrogens (tertiary/aromatic N) is 2. The Balaban J connectivity index is 1.55. The lowest BCUT2D eigenvalue weighted by Gasteiger charge is -2.04. The van der Waals surface area contributed by atoms with E-state index in [1.807, 2.05) is 29.6 Å². The van der Waals surface area contributed by atoms with Crippen molar-refractivity contribution in [3.05, 3.63) is 64.2 Å². The van der Waals surface area contributed by atoms with E-state index in [1.54, 1.807) is 0 Å². The maximum atomic E-state index is 11.9. The van der Waals surface area contributed by atoms with E-state index in [0.29, 0.717) is 10.7 Å². The summed E-state index contributed by atoms with van der Waals surface area (Å²) in [6.07, 6.45) is 2.96. The highest BCUT2D eigenvalue weighted by Gasteiger charge is 2.12. The van der Waals surface area contributed by atoms with E-state index in [-0.39, 0.29) is 6.61 Å². The lowest BCUT2D eigenvalue weighted by molar-refractivity contribution is -0.119. The Morgan fingerprint density at radius 1 is 1.12 bits per heavy atom. The molecule has 2 aromatic heterocycles. The lowest BCUT2D eigenvalue weighted by Crippen LogP contribution is -2.20. The minimum atomic E-state index is -0.577. The van der Waals surface area contributed by atoms with Gasteiger partial charge in [0.15, 0.2) is 11.7 Å². The number of esters is 1. The van der Waals surface area contributed by atoms with Crippen LogP contribution in [0.2, 0.25) is 0 Å². The van der Waals surface area contributed by atoms with Crippen LogP contribution in [0, 0.1) is 0 Å². The number of ether oxygens (including phenoxy) is 1. The van der Waals surface area contributed by atoms with Crippen LogP contribution in [0.15, 0.2) is 58.6 Å². The zero-order valence-electron chi connectivity index (χ0n) is 12.8. The van der Waals surface area contributed by atoms with Crippen molar-refractivity contribution in [2.45, 2.75) is 0 Å². The molecular weight excluding hydrogens is 406 g/mol. The number of hydrogen-bond donors (Lipinski definition) is 1. The van der Waals surface area contributed by atoms with Gasteiger partial charge in [0.05, 0.1) is 11.3 Å². The molecule has 126 valence electrons. The van der Waals surface area contributed by atoms with Crippen LogP contribution in [0.4, 0.5) is 5.13 Å². The molecular formula is C17H12BrN3O3S. The van der Waals surface area contributed by atoms with Crippen molar-refractivity contribution in [1.29, 1.82) is 0 Å². The van der Waals surface area contributed by atoms with E-state index in [2.05, 4.69) is 31.2 Å². The van der Waals surface area contributed by atoms with Crippen molar-refractivity contribution >= 4 is 44.3 Å². The third kappa shape index (κ3) is 4.71. The van der Waals surface area contributed by atoms with Crippen LogP contribution in [0.25, 0.3) is 11.3 Å². The lowest BCUT2D eigenvalue weighted by atomic mass is 10.2. The molecule has 6 nitrogen and oxygen atoms in total. The van der Waals surface area contributed by atoms with Gasteiger partial charge in [0, 0.05) is 27.8 Å². The van der Waals surface area contributed by atoms with Crippen LogP contribution in [0.3, 0.4) is 0 Å². The number of rotatable bonds is 5. The Labute approximate surface area is 156 Å². The van der Waals surface area contributed by atoms with Crippen LogP contribution in [-0.4, -0.2) is 28.5 Å². The van der Waals surface area contributed by atoms with Gasteiger partial charge in [0.25, 0.3) is 5.91 Å². The third-order valence-electron chi connectivity index (χ3n) is 3.14. The van der Waals surface area contributed by atoms with Crippen LogP contribution in [0.5, 0.6) is 0 Å². The number of benzene rings is 1. The van der Waals surface area contributed by atoms with E-state index in [0.717, 1.165) is 15.7 Å². The summed E-state index contributed by atoms with van der Waals surface area (Å²) in [6.45, 7) is -0.381. The first kappa shape index (κ1) is 17.2. The van der Waals surface area contributed by atoms with Gasteiger partial charge >= 0.3 is 5.97 Å². The molecule has 0 bridgehead atoms. The van der Waals surface area contributed by atoms with Crippen molar-refractivity contribution in [3.63, 3.8) is 0 Å². The summed E-state index contributed by atoms with van der Waals surface area (Å²) in [5, 5.41) is 4.92. The number of hydrogen-bond acceptors (Lipinski definition) is 6. The number of carbonyl (C=O) groups excluding carboxylic acids is 2. The van der Waals surface area contributed by atoms with Crippen molar-refractivity contribution in [3.8, 4) is 11.3 Å². The fourth-order valence-corrected chi connectivity index (χ4v) is 2.94. The third-order valence-corrected chi connectivity index (χ3v) is 4.43. The van der Waals surface area contributed by atoms with Gasteiger partial charge in [0.1, 0.15) is 0 Å². The monoisotopic (exact) mass is 417 g/mol. The molecule has 0 aliphatic rings. The quantitative estimate of drug-likeness (QED) is 0.639. The fraction of sp³-hybridized carbons (Fsp3) is 0.0588. The van der Waals surface area contributed by atoms with E-state index >= 15 is 0 Å². The number of anilines is 1. The molecule has 1 aromatic carbocycles. The second kappa shape index (κ2) is 8.00. The van der Waals surface area contributed by atoms with E-state index in [9.17, 15) is 9.59 Å². The Morgan fingerprint density at radius 3 is 2.56 bits per heavy atom. The molecule has 0 spiro atoms. The molecule has 0 fully saturated rings. The zero-order chi connectivity index (χ0) is 17.6. The van der Waals surface area contributed by atoms with Gasteiger partial charge in [-0.25, -0.2) is 9.78 Å². The Hall–Kier alpha value is -2.58. The summed E-state index contributed by atoms with van der Waals surface area (Å²) >= 11 is 4.69. The molecule has 0 unspecified atom stereocenters. The topological polar surface area (TPSA) is 81.2 Å². The van der Waals surface area contributed by atoms with Crippen LogP contribution in [-0.2, 0) is 9.53 Å². The molecule has 1 N–H and O–H groups in total. The van der Waals surface area contributed by atoms with Gasteiger partial charge in [-0.1, -0.05) is 28.1 Å². The van der Waals surface area contributed by atoms with Gasteiger partial charge in [0.2, 0.25) is 0 Å². The molecule has 3 rings (SSSR count).